The second-order valence-electron chi connectivity index (χ2n) is 4.99. The number of para-hydroxylation sites is 1. The van der Waals surface area contributed by atoms with Crippen molar-refractivity contribution in [1.82, 2.24) is 10.2 Å². The lowest BCUT2D eigenvalue weighted by molar-refractivity contribution is -0.132. The van der Waals surface area contributed by atoms with E-state index >= 15 is 0 Å². The normalized spacial score (nSPS) is 10.0. The van der Waals surface area contributed by atoms with Gasteiger partial charge in [-0.05, 0) is 24.6 Å². The molecule has 0 fully saturated rings. The van der Waals surface area contributed by atoms with Crippen LogP contribution in [0.5, 0.6) is 5.75 Å². The largest absolute Gasteiger partial charge is 0.496 e. The third kappa shape index (κ3) is 5.86. The molecular formula is C17H23ClN2O2S. The fraction of sp³-hybridized carbons (Fsp3) is 0.353. The van der Waals surface area contributed by atoms with Gasteiger partial charge >= 0.3 is 0 Å². The van der Waals surface area contributed by atoms with E-state index in [1.807, 2.05) is 47.7 Å². The topological polar surface area (TPSA) is 41.6 Å². The summed E-state index contributed by atoms with van der Waals surface area (Å²) in [5, 5.41) is 5.07. The molecular weight excluding hydrogens is 332 g/mol. The van der Waals surface area contributed by atoms with Crippen LogP contribution in [0.15, 0.2) is 41.8 Å². The molecule has 0 radical (unpaired) electrons. The number of benzene rings is 1. The maximum absolute atomic E-state index is 12.5. The predicted molar refractivity (Wildman–Crippen MR) is 97.4 cm³/mol. The van der Waals surface area contributed by atoms with Crippen LogP contribution in [0.3, 0.4) is 0 Å². The molecule has 2 rings (SSSR count). The van der Waals surface area contributed by atoms with E-state index in [1.54, 1.807) is 18.4 Å². The number of nitrogens with one attached hydrogen (secondary N) is 1. The molecule has 1 aromatic heterocycles. The van der Waals surface area contributed by atoms with Gasteiger partial charge in [0.15, 0.2) is 0 Å². The number of hydrogen-bond donors (Lipinski definition) is 1. The van der Waals surface area contributed by atoms with E-state index in [4.69, 9.17) is 4.74 Å². The van der Waals surface area contributed by atoms with Crippen LogP contribution in [-0.2, 0) is 17.9 Å². The quantitative estimate of drug-likeness (QED) is 0.790. The first-order valence-electron chi connectivity index (χ1n) is 7.31. The van der Waals surface area contributed by atoms with E-state index < -0.39 is 0 Å². The van der Waals surface area contributed by atoms with Gasteiger partial charge in [0.05, 0.1) is 13.7 Å². The van der Waals surface area contributed by atoms with Crippen molar-refractivity contribution in [3.05, 3.63) is 52.2 Å². The number of nitrogens with zero attached hydrogens (tertiary/aromatic N) is 1. The third-order valence-electron chi connectivity index (χ3n) is 3.42. The smallest absolute Gasteiger partial charge is 0.224 e. The first-order chi connectivity index (χ1) is 10.7. The molecule has 0 atom stereocenters. The Morgan fingerprint density at radius 2 is 2.00 bits per heavy atom. The number of carbonyl (C=O) groups excluding carboxylic acids is 1. The molecule has 6 heteroatoms. The Kier molecular flexibility index (Phi) is 8.69. The standard InChI is InChI=1S/C17H22N2O2S.ClH/c1-18-10-9-17(20)19(13-15-7-5-11-22-15)12-14-6-3-4-8-16(14)21-2;/h3-8,11,18H,9-10,12-13H2,1-2H3;1H. The minimum absolute atomic E-state index is 0. The van der Waals surface area contributed by atoms with Gasteiger partial charge in [0.25, 0.3) is 0 Å². The summed E-state index contributed by atoms with van der Waals surface area (Å²) in [6.45, 7) is 1.88. The molecule has 0 bridgehead atoms. The van der Waals surface area contributed by atoms with Crippen LogP contribution in [0.25, 0.3) is 0 Å². The van der Waals surface area contributed by atoms with Crippen molar-refractivity contribution in [1.29, 1.82) is 0 Å². The third-order valence-corrected chi connectivity index (χ3v) is 4.28. The number of rotatable bonds is 8. The monoisotopic (exact) mass is 354 g/mol. The number of hydrogen-bond acceptors (Lipinski definition) is 4. The molecule has 0 aliphatic heterocycles. The van der Waals surface area contributed by atoms with E-state index in [1.165, 1.54) is 4.88 Å². The molecule has 4 nitrogen and oxygen atoms in total. The van der Waals surface area contributed by atoms with Gasteiger partial charge in [-0.3, -0.25) is 4.79 Å². The summed E-state index contributed by atoms with van der Waals surface area (Å²) in [7, 11) is 3.52. The van der Waals surface area contributed by atoms with Crippen molar-refractivity contribution >= 4 is 29.7 Å². The Morgan fingerprint density at radius 1 is 1.22 bits per heavy atom. The maximum Gasteiger partial charge on any atom is 0.224 e. The molecule has 23 heavy (non-hydrogen) atoms. The van der Waals surface area contributed by atoms with Gasteiger partial charge in [-0.1, -0.05) is 24.3 Å². The van der Waals surface area contributed by atoms with Gasteiger partial charge in [0, 0.05) is 30.0 Å². The summed E-state index contributed by atoms with van der Waals surface area (Å²) >= 11 is 1.67. The highest BCUT2D eigenvalue weighted by atomic mass is 35.5. The number of amides is 1. The first kappa shape index (κ1) is 19.5. The van der Waals surface area contributed by atoms with Crippen molar-refractivity contribution in [3.63, 3.8) is 0 Å². The molecule has 1 heterocycles. The number of thiophene rings is 1. The van der Waals surface area contributed by atoms with Crippen LogP contribution < -0.4 is 10.1 Å². The summed E-state index contributed by atoms with van der Waals surface area (Å²) in [6.07, 6.45) is 0.497. The number of carbonyl (C=O) groups is 1. The van der Waals surface area contributed by atoms with Crippen LogP contribution in [0, 0.1) is 0 Å². The fourth-order valence-electron chi connectivity index (χ4n) is 2.25. The van der Waals surface area contributed by atoms with E-state index in [9.17, 15) is 4.79 Å². The van der Waals surface area contributed by atoms with Crippen LogP contribution in [0.1, 0.15) is 16.9 Å². The molecule has 2 aromatic rings. The lowest BCUT2D eigenvalue weighted by Gasteiger charge is -2.23. The Balaban J connectivity index is 0.00000264. The van der Waals surface area contributed by atoms with E-state index in [0.29, 0.717) is 26.1 Å². The molecule has 1 N–H and O–H groups in total. The Hall–Kier alpha value is -1.56. The van der Waals surface area contributed by atoms with Gasteiger partial charge in [-0.2, -0.15) is 0 Å². The average molecular weight is 355 g/mol. The minimum atomic E-state index is 0. The zero-order valence-electron chi connectivity index (χ0n) is 13.5. The SMILES string of the molecule is CNCCC(=O)N(Cc1cccs1)Cc1ccccc1OC.Cl. The van der Waals surface area contributed by atoms with Gasteiger partial charge in [0.2, 0.25) is 5.91 Å². The summed E-state index contributed by atoms with van der Waals surface area (Å²) < 4.78 is 5.39. The summed E-state index contributed by atoms with van der Waals surface area (Å²) in [4.78, 5) is 15.6. The van der Waals surface area contributed by atoms with Gasteiger partial charge in [-0.25, -0.2) is 0 Å². The highest BCUT2D eigenvalue weighted by Gasteiger charge is 2.16. The lowest BCUT2D eigenvalue weighted by Crippen LogP contribution is -2.31. The number of methoxy groups -OCH3 is 1. The summed E-state index contributed by atoms with van der Waals surface area (Å²) in [5.41, 5.74) is 1.03. The van der Waals surface area contributed by atoms with E-state index in [0.717, 1.165) is 11.3 Å². The zero-order chi connectivity index (χ0) is 15.8. The highest BCUT2D eigenvalue weighted by molar-refractivity contribution is 7.09. The van der Waals surface area contributed by atoms with Gasteiger partial charge < -0.3 is 15.0 Å². The van der Waals surface area contributed by atoms with Crippen LogP contribution >= 0.6 is 23.7 Å². The fourth-order valence-corrected chi connectivity index (χ4v) is 2.97. The minimum Gasteiger partial charge on any atom is -0.496 e. The maximum atomic E-state index is 12.5. The molecule has 0 saturated carbocycles. The molecule has 0 aliphatic carbocycles. The first-order valence-corrected chi connectivity index (χ1v) is 8.19. The van der Waals surface area contributed by atoms with Crippen molar-refractivity contribution in [2.45, 2.75) is 19.5 Å². The van der Waals surface area contributed by atoms with Gasteiger partial charge in [-0.15, -0.1) is 23.7 Å². The second-order valence-corrected chi connectivity index (χ2v) is 6.03. The van der Waals surface area contributed by atoms with Crippen LogP contribution in [0.4, 0.5) is 0 Å². The molecule has 126 valence electrons. The molecule has 0 saturated heterocycles. The Bertz CT molecular complexity index is 590. The molecule has 1 aromatic carbocycles. The average Bonchev–Trinajstić information content (AvgIpc) is 3.05. The predicted octanol–water partition coefficient (Wildman–Crippen LogP) is 3.32. The van der Waals surface area contributed by atoms with Gasteiger partial charge in [0.1, 0.15) is 5.75 Å². The van der Waals surface area contributed by atoms with E-state index in [2.05, 4.69) is 11.4 Å². The van der Waals surface area contributed by atoms with Crippen molar-refractivity contribution < 1.29 is 9.53 Å². The second kappa shape index (κ2) is 10.3. The summed E-state index contributed by atoms with van der Waals surface area (Å²) in [5.74, 6) is 0.966. The van der Waals surface area contributed by atoms with Crippen LogP contribution in [-0.4, -0.2) is 31.5 Å². The Morgan fingerprint density at radius 3 is 2.65 bits per heavy atom. The molecule has 0 unspecified atom stereocenters. The zero-order valence-corrected chi connectivity index (χ0v) is 15.1. The van der Waals surface area contributed by atoms with Crippen molar-refractivity contribution in [2.24, 2.45) is 0 Å². The van der Waals surface area contributed by atoms with Crippen molar-refractivity contribution in [2.75, 3.05) is 20.7 Å². The van der Waals surface area contributed by atoms with Crippen molar-refractivity contribution in [3.8, 4) is 5.75 Å². The molecule has 0 spiro atoms. The molecule has 1 amide bonds. The molecule has 0 aliphatic rings. The van der Waals surface area contributed by atoms with E-state index in [-0.39, 0.29) is 18.3 Å². The lowest BCUT2D eigenvalue weighted by atomic mass is 10.1. The number of ether oxygens (including phenoxy) is 1. The van der Waals surface area contributed by atoms with Crippen LogP contribution in [0.2, 0.25) is 0 Å². The summed E-state index contributed by atoms with van der Waals surface area (Å²) in [6, 6.07) is 11.9. The highest BCUT2D eigenvalue weighted by Crippen LogP contribution is 2.21. The number of halogens is 1. The Labute approximate surface area is 147 Å².